The highest BCUT2D eigenvalue weighted by molar-refractivity contribution is 9.10. The first-order chi connectivity index (χ1) is 12.5. The number of fused-ring (bicyclic) bond motifs is 1. The predicted molar refractivity (Wildman–Crippen MR) is 113 cm³/mol. The Hall–Kier alpha value is -1.76. The number of aryl methyl sites for hydroxylation is 1. The average molecular weight is 432 g/mol. The molecule has 0 atom stereocenters. The first-order valence-corrected chi connectivity index (χ1v) is 10.2. The minimum absolute atomic E-state index is 0.0332. The van der Waals surface area contributed by atoms with Crippen molar-refractivity contribution in [2.45, 2.75) is 13.3 Å². The Morgan fingerprint density at radius 2 is 1.92 bits per heavy atom. The maximum absolute atomic E-state index is 13.2. The summed E-state index contributed by atoms with van der Waals surface area (Å²) >= 11 is 5.07. The van der Waals surface area contributed by atoms with E-state index in [-0.39, 0.29) is 5.91 Å². The van der Waals surface area contributed by atoms with Gasteiger partial charge in [0.2, 0.25) is 0 Å². The monoisotopic (exact) mass is 431 g/mol. The largest absolute Gasteiger partial charge is 0.308 e. The second-order valence-corrected chi connectivity index (χ2v) is 8.26. The molecule has 0 aliphatic heterocycles. The number of rotatable bonds is 6. The predicted octanol–water partition coefficient (Wildman–Crippen LogP) is 4.83. The maximum atomic E-state index is 13.2. The highest BCUT2D eigenvalue weighted by Crippen LogP contribution is 2.31. The van der Waals surface area contributed by atoms with Gasteiger partial charge >= 0.3 is 0 Å². The number of carbonyl (C=O) groups is 1. The van der Waals surface area contributed by atoms with E-state index in [1.807, 2.05) is 44.4 Å². The van der Waals surface area contributed by atoms with Gasteiger partial charge in [-0.05, 0) is 66.3 Å². The number of benzene rings is 2. The van der Waals surface area contributed by atoms with Gasteiger partial charge < -0.3 is 4.90 Å². The van der Waals surface area contributed by atoms with E-state index < -0.39 is 0 Å². The van der Waals surface area contributed by atoms with Crippen LogP contribution in [0.3, 0.4) is 0 Å². The first kappa shape index (κ1) is 19.0. The summed E-state index contributed by atoms with van der Waals surface area (Å²) in [5.74, 6) is -0.0332. The fourth-order valence-corrected chi connectivity index (χ4v) is 4.16. The molecule has 0 bridgehead atoms. The summed E-state index contributed by atoms with van der Waals surface area (Å²) in [5.41, 5.74) is 2.88. The van der Waals surface area contributed by atoms with Crippen molar-refractivity contribution in [2.75, 3.05) is 32.1 Å². The summed E-state index contributed by atoms with van der Waals surface area (Å²) < 4.78 is 1.92. The Kier molecular flexibility index (Phi) is 6.06. The number of aromatic nitrogens is 1. The third kappa shape index (κ3) is 4.14. The zero-order valence-electron chi connectivity index (χ0n) is 15.2. The zero-order chi connectivity index (χ0) is 18.7. The summed E-state index contributed by atoms with van der Waals surface area (Å²) in [4.78, 5) is 21.8. The van der Waals surface area contributed by atoms with Gasteiger partial charge in [-0.1, -0.05) is 36.5 Å². The highest BCUT2D eigenvalue weighted by Gasteiger charge is 2.23. The number of carbonyl (C=O) groups excluding carboxylic acids is 1. The molecular weight excluding hydrogens is 410 g/mol. The Balaban J connectivity index is 2.00. The van der Waals surface area contributed by atoms with E-state index >= 15 is 0 Å². The molecule has 0 radical (unpaired) electrons. The Morgan fingerprint density at radius 3 is 2.62 bits per heavy atom. The van der Waals surface area contributed by atoms with Gasteiger partial charge in [-0.2, -0.15) is 0 Å². The number of amides is 1. The van der Waals surface area contributed by atoms with E-state index in [0.717, 1.165) is 32.8 Å². The lowest BCUT2D eigenvalue weighted by Crippen LogP contribution is -2.36. The first-order valence-electron chi connectivity index (χ1n) is 8.60. The summed E-state index contributed by atoms with van der Waals surface area (Å²) in [6, 6.07) is 13.8. The molecule has 0 fully saturated rings. The lowest BCUT2D eigenvalue weighted by molar-refractivity contribution is 0.0984. The summed E-state index contributed by atoms with van der Waals surface area (Å²) in [6.45, 7) is 3.50. The molecule has 6 heteroatoms. The minimum atomic E-state index is -0.0332. The third-order valence-corrected chi connectivity index (χ3v) is 5.93. The van der Waals surface area contributed by atoms with Gasteiger partial charge in [0.15, 0.2) is 5.13 Å². The van der Waals surface area contributed by atoms with Crippen molar-refractivity contribution in [3.63, 3.8) is 0 Å². The molecule has 26 heavy (non-hydrogen) atoms. The molecule has 1 aromatic heterocycles. The van der Waals surface area contributed by atoms with Crippen LogP contribution in [-0.2, 0) is 6.42 Å². The smallest absolute Gasteiger partial charge is 0.261 e. The molecule has 1 heterocycles. The van der Waals surface area contributed by atoms with Gasteiger partial charge in [-0.3, -0.25) is 9.69 Å². The van der Waals surface area contributed by atoms with Crippen LogP contribution in [0.4, 0.5) is 5.13 Å². The van der Waals surface area contributed by atoms with E-state index in [1.165, 1.54) is 5.56 Å². The van der Waals surface area contributed by atoms with E-state index in [1.54, 1.807) is 16.2 Å². The number of likely N-dealkylation sites (N-methyl/N-ethyl adjacent to an activating group) is 1. The highest BCUT2D eigenvalue weighted by atomic mass is 79.9. The van der Waals surface area contributed by atoms with Crippen LogP contribution >= 0.6 is 27.3 Å². The SMILES string of the molecule is CCc1ccc2nc(N(CCN(C)C)C(=O)c3ccccc3Br)sc2c1. The number of hydrogen-bond donors (Lipinski definition) is 0. The van der Waals surface area contributed by atoms with Crippen molar-refractivity contribution in [2.24, 2.45) is 0 Å². The standard InChI is InChI=1S/C20H22BrN3OS/c1-4-14-9-10-17-18(13-14)26-20(22-17)24(12-11-23(2)3)19(25)15-7-5-6-8-16(15)21/h5-10,13H,4,11-12H2,1-3H3. The normalized spacial score (nSPS) is 11.3. The van der Waals surface area contributed by atoms with Crippen LogP contribution in [0.25, 0.3) is 10.2 Å². The number of anilines is 1. The fraction of sp³-hybridized carbons (Fsp3) is 0.300. The lowest BCUT2D eigenvalue weighted by atomic mass is 10.2. The van der Waals surface area contributed by atoms with Crippen molar-refractivity contribution in [3.8, 4) is 0 Å². The van der Waals surface area contributed by atoms with Gasteiger partial charge in [0.05, 0.1) is 15.8 Å². The molecule has 0 saturated carbocycles. The second-order valence-electron chi connectivity index (χ2n) is 6.39. The van der Waals surface area contributed by atoms with Gasteiger partial charge in [-0.25, -0.2) is 4.98 Å². The molecule has 3 aromatic rings. The van der Waals surface area contributed by atoms with Gasteiger partial charge in [0.25, 0.3) is 5.91 Å². The van der Waals surface area contributed by atoms with Crippen LogP contribution in [0, 0.1) is 0 Å². The molecule has 0 unspecified atom stereocenters. The second kappa shape index (κ2) is 8.29. The minimum Gasteiger partial charge on any atom is -0.308 e. The molecule has 0 saturated heterocycles. The molecule has 0 aliphatic carbocycles. The van der Waals surface area contributed by atoms with Gasteiger partial charge in [-0.15, -0.1) is 0 Å². The average Bonchev–Trinajstić information content (AvgIpc) is 3.04. The number of halogens is 1. The molecule has 2 aromatic carbocycles. The summed E-state index contributed by atoms with van der Waals surface area (Å²) in [5, 5.41) is 0.746. The Bertz CT molecular complexity index is 922. The maximum Gasteiger partial charge on any atom is 0.261 e. The molecule has 3 rings (SSSR count). The number of nitrogens with zero attached hydrogens (tertiary/aromatic N) is 3. The summed E-state index contributed by atoms with van der Waals surface area (Å²) in [6.07, 6.45) is 0.989. The molecule has 136 valence electrons. The molecule has 1 amide bonds. The number of thiazole rings is 1. The number of hydrogen-bond acceptors (Lipinski definition) is 4. The van der Waals surface area contributed by atoms with E-state index in [4.69, 9.17) is 4.98 Å². The van der Waals surface area contributed by atoms with Crippen LogP contribution in [0.1, 0.15) is 22.8 Å². The van der Waals surface area contributed by atoms with Crippen molar-refractivity contribution in [1.29, 1.82) is 0 Å². The Morgan fingerprint density at radius 1 is 1.15 bits per heavy atom. The van der Waals surface area contributed by atoms with Gasteiger partial charge in [0.1, 0.15) is 0 Å². The van der Waals surface area contributed by atoms with Crippen LogP contribution in [0.15, 0.2) is 46.9 Å². The van der Waals surface area contributed by atoms with Crippen LogP contribution in [0.5, 0.6) is 0 Å². The Labute approximate surface area is 166 Å². The lowest BCUT2D eigenvalue weighted by Gasteiger charge is -2.22. The third-order valence-electron chi connectivity index (χ3n) is 4.20. The molecular formula is C20H22BrN3OS. The molecule has 0 N–H and O–H groups in total. The van der Waals surface area contributed by atoms with Gasteiger partial charge in [0, 0.05) is 17.6 Å². The quantitative estimate of drug-likeness (QED) is 0.560. The van der Waals surface area contributed by atoms with E-state index in [0.29, 0.717) is 12.1 Å². The van der Waals surface area contributed by atoms with Crippen molar-refractivity contribution < 1.29 is 4.79 Å². The summed E-state index contributed by atoms with van der Waals surface area (Å²) in [7, 11) is 4.01. The van der Waals surface area contributed by atoms with Crippen LogP contribution < -0.4 is 4.90 Å². The van der Waals surface area contributed by atoms with Crippen LogP contribution in [-0.4, -0.2) is 43.0 Å². The van der Waals surface area contributed by atoms with Crippen molar-refractivity contribution in [3.05, 3.63) is 58.1 Å². The van der Waals surface area contributed by atoms with Crippen molar-refractivity contribution in [1.82, 2.24) is 9.88 Å². The molecule has 0 aliphatic rings. The van der Waals surface area contributed by atoms with E-state index in [2.05, 4.69) is 39.9 Å². The van der Waals surface area contributed by atoms with Crippen LogP contribution in [0.2, 0.25) is 0 Å². The fourth-order valence-electron chi connectivity index (χ4n) is 2.66. The molecule has 0 spiro atoms. The van der Waals surface area contributed by atoms with Crippen molar-refractivity contribution >= 4 is 48.5 Å². The van der Waals surface area contributed by atoms with E-state index in [9.17, 15) is 4.79 Å². The zero-order valence-corrected chi connectivity index (χ0v) is 17.6. The molecule has 4 nitrogen and oxygen atoms in total. The topological polar surface area (TPSA) is 36.4 Å².